The molecule has 0 atom stereocenters. The minimum absolute atomic E-state index is 0.0346. The van der Waals surface area contributed by atoms with Gasteiger partial charge in [-0.2, -0.15) is 0 Å². The molecule has 3 aromatic carbocycles. The van der Waals surface area contributed by atoms with Gasteiger partial charge in [-0.15, -0.1) is 0 Å². The first-order valence-electron chi connectivity index (χ1n) is 8.40. The lowest BCUT2D eigenvalue weighted by molar-refractivity contribution is -0.107. The van der Waals surface area contributed by atoms with Crippen LogP contribution in [0.15, 0.2) is 94.7 Å². The molecule has 0 aliphatic rings. The van der Waals surface area contributed by atoms with E-state index < -0.39 is 0 Å². The van der Waals surface area contributed by atoms with E-state index in [-0.39, 0.29) is 5.12 Å². The molecular weight excluding hydrogens is 356 g/mol. The maximum atomic E-state index is 12.6. The number of hydrogen-bond donors (Lipinski definition) is 0. The van der Waals surface area contributed by atoms with Gasteiger partial charge < -0.3 is 0 Å². The summed E-state index contributed by atoms with van der Waals surface area (Å²) in [6.07, 6.45) is 1.74. The predicted octanol–water partition coefficient (Wildman–Crippen LogP) is 6.76. The van der Waals surface area contributed by atoms with Gasteiger partial charge in [0.05, 0.1) is 0 Å². The molecule has 0 amide bonds. The summed E-state index contributed by atoms with van der Waals surface area (Å²) >= 11 is 2.88. The molecule has 0 aromatic heterocycles. The Morgan fingerprint density at radius 2 is 1.19 bits per heavy atom. The van der Waals surface area contributed by atoms with Crippen molar-refractivity contribution in [1.29, 1.82) is 0 Å². The van der Waals surface area contributed by atoms with E-state index in [0.717, 1.165) is 20.3 Å². The smallest absolute Gasteiger partial charge is 0.218 e. The van der Waals surface area contributed by atoms with Crippen LogP contribution in [-0.2, 0) is 4.79 Å². The summed E-state index contributed by atoms with van der Waals surface area (Å²) in [5.41, 5.74) is 3.47. The maximum absolute atomic E-state index is 12.6. The van der Waals surface area contributed by atoms with Crippen LogP contribution in [0.2, 0.25) is 0 Å². The third kappa shape index (κ3) is 5.38. The van der Waals surface area contributed by atoms with Crippen molar-refractivity contribution in [3.63, 3.8) is 0 Å². The first-order chi connectivity index (χ1) is 12.6. The van der Waals surface area contributed by atoms with Crippen LogP contribution in [0.3, 0.4) is 0 Å². The predicted molar refractivity (Wildman–Crippen MR) is 113 cm³/mol. The van der Waals surface area contributed by atoms with Crippen molar-refractivity contribution >= 4 is 33.5 Å². The summed E-state index contributed by atoms with van der Waals surface area (Å²) < 4.78 is 0. The highest BCUT2D eigenvalue weighted by Gasteiger charge is 2.09. The Kier molecular flexibility index (Phi) is 6.37. The van der Waals surface area contributed by atoms with Gasteiger partial charge in [0.15, 0.2) is 0 Å². The highest BCUT2D eigenvalue weighted by molar-refractivity contribution is 8.14. The molecule has 0 heterocycles. The molecule has 0 N–H and O–H groups in total. The van der Waals surface area contributed by atoms with Gasteiger partial charge in [-0.1, -0.05) is 77.5 Å². The van der Waals surface area contributed by atoms with Gasteiger partial charge in [-0.3, -0.25) is 4.79 Å². The molecule has 0 bridgehead atoms. The number of benzene rings is 3. The van der Waals surface area contributed by atoms with Crippen molar-refractivity contribution in [1.82, 2.24) is 0 Å². The normalized spacial score (nSPS) is 11.4. The van der Waals surface area contributed by atoms with Crippen LogP contribution in [0.1, 0.15) is 16.7 Å². The molecule has 0 saturated heterocycles. The molecule has 0 aliphatic carbocycles. The van der Waals surface area contributed by atoms with Crippen molar-refractivity contribution in [2.45, 2.75) is 23.6 Å². The van der Waals surface area contributed by atoms with Crippen LogP contribution < -0.4 is 0 Å². The molecular formula is C23H20OS2. The van der Waals surface area contributed by atoms with Crippen molar-refractivity contribution in [3.8, 4) is 0 Å². The van der Waals surface area contributed by atoms with Crippen molar-refractivity contribution < 1.29 is 4.79 Å². The lowest BCUT2D eigenvalue weighted by atomic mass is 10.2. The highest BCUT2D eigenvalue weighted by Crippen LogP contribution is 2.35. The quantitative estimate of drug-likeness (QED) is 0.362. The van der Waals surface area contributed by atoms with Crippen LogP contribution in [0.25, 0.3) is 4.91 Å². The van der Waals surface area contributed by atoms with Crippen LogP contribution in [-0.4, -0.2) is 5.12 Å². The fourth-order valence-corrected chi connectivity index (χ4v) is 4.07. The van der Waals surface area contributed by atoms with E-state index in [1.54, 1.807) is 17.8 Å². The largest absolute Gasteiger partial charge is 0.282 e. The molecule has 0 unspecified atom stereocenters. The number of thioether (sulfide) groups is 2. The SMILES string of the molecule is Cc1ccc(SC(=O)/C=C(\Sc2ccc(C)cc2)c2ccccc2)cc1. The van der Waals surface area contributed by atoms with Crippen LogP contribution in [0.5, 0.6) is 0 Å². The van der Waals surface area contributed by atoms with Crippen molar-refractivity contribution in [2.24, 2.45) is 0 Å². The number of rotatable bonds is 5. The van der Waals surface area contributed by atoms with Crippen molar-refractivity contribution in [2.75, 3.05) is 0 Å². The standard InChI is InChI=1S/C23H20OS2/c1-17-8-12-20(13-9-17)25-22(19-6-4-3-5-7-19)16-23(24)26-21-14-10-18(2)11-15-21/h3-16H,1-2H3/b22-16-. The number of aryl methyl sites for hydroxylation is 2. The van der Waals surface area contributed by atoms with Gasteiger partial charge in [0.1, 0.15) is 0 Å². The molecule has 0 aliphatic heterocycles. The lowest BCUT2D eigenvalue weighted by Crippen LogP contribution is -1.89. The maximum Gasteiger partial charge on any atom is 0.218 e. The number of carbonyl (C=O) groups is 1. The minimum Gasteiger partial charge on any atom is -0.282 e. The Morgan fingerprint density at radius 1 is 0.692 bits per heavy atom. The summed E-state index contributed by atoms with van der Waals surface area (Å²) in [6.45, 7) is 4.12. The Labute approximate surface area is 163 Å². The van der Waals surface area contributed by atoms with E-state index in [2.05, 4.69) is 31.2 Å². The third-order valence-electron chi connectivity index (χ3n) is 3.80. The van der Waals surface area contributed by atoms with Crippen LogP contribution in [0.4, 0.5) is 0 Å². The van der Waals surface area contributed by atoms with Gasteiger partial charge in [-0.25, -0.2) is 0 Å². The third-order valence-corrected chi connectivity index (χ3v) is 5.70. The van der Waals surface area contributed by atoms with E-state index in [1.165, 1.54) is 22.9 Å². The lowest BCUT2D eigenvalue weighted by Gasteiger charge is -2.08. The highest BCUT2D eigenvalue weighted by atomic mass is 32.2. The second kappa shape index (κ2) is 8.93. The minimum atomic E-state index is 0.0346. The van der Waals surface area contributed by atoms with Gasteiger partial charge in [0.2, 0.25) is 5.12 Å². The van der Waals surface area contributed by atoms with E-state index in [9.17, 15) is 4.79 Å². The van der Waals surface area contributed by atoms with Crippen molar-refractivity contribution in [3.05, 3.63) is 102 Å². The van der Waals surface area contributed by atoms with Gasteiger partial charge in [0.25, 0.3) is 0 Å². The van der Waals surface area contributed by atoms with Gasteiger partial charge in [0, 0.05) is 20.8 Å². The summed E-state index contributed by atoms with van der Waals surface area (Å²) in [7, 11) is 0. The van der Waals surface area contributed by atoms with E-state index in [4.69, 9.17) is 0 Å². The molecule has 130 valence electrons. The van der Waals surface area contributed by atoms with Gasteiger partial charge in [-0.05, 0) is 55.4 Å². The molecule has 26 heavy (non-hydrogen) atoms. The molecule has 0 radical (unpaired) electrons. The molecule has 3 rings (SSSR count). The second-order valence-electron chi connectivity index (χ2n) is 6.02. The number of carbonyl (C=O) groups excluding carboxylic acids is 1. The van der Waals surface area contributed by atoms with E-state index in [1.807, 2.05) is 61.5 Å². The Hall–Kier alpha value is -2.23. The molecule has 3 aromatic rings. The summed E-state index contributed by atoms with van der Waals surface area (Å²) in [6, 6.07) is 26.4. The van der Waals surface area contributed by atoms with Crippen LogP contribution >= 0.6 is 23.5 Å². The average Bonchev–Trinajstić information content (AvgIpc) is 2.65. The zero-order valence-corrected chi connectivity index (χ0v) is 16.4. The molecule has 1 nitrogen and oxygen atoms in total. The zero-order chi connectivity index (χ0) is 18.4. The fraction of sp³-hybridized carbons (Fsp3) is 0.0870. The molecule has 3 heteroatoms. The Bertz CT molecular complexity index is 895. The monoisotopic (exact) mass is 376 g/mol. The average molecular weight is 377 g/mol. The zero-order valence-electron chi connectivity index (χ0n) is 14.8. The topological polar surface area (TPSA) is 17.1 Å². The first-order valence-corrected chi connectivity index (χ1v) is 10.0. The number of hydrogen-bond acceptors (Lipinski definition) is 3. The summed E-state index contributed by atoms with van der Waals surface area (Å²) in [4.78, 5) is 15.6. The Morgan fingerprint density at radius 3 is 1.73 bits per heavy atom. The molecule has 0 fully saturated rings. The first kappa shape index (κ1) is 18.6. The van der Waals surface area contributed by atoms with E-state index in [0.29, 0.717) is 0 Å². The summed E-state index contributed by atoms with van der Waals surface area (Å²) in [5.74, 6) is 0. The second-order valence-corrected chi connectivity index (χ2v) is 8.22. The van der Waals surface area contributed by atoms with Gasteiger partial charge >= 0.3 is 0 Å². The molecule has 0 spiro atoms. The molecule has 0 saturated carbocycles. The van der Waals surface area contributed by atoms with E-state index >= 15 is 0 Å². The summed E-state index contributed by atoms with van der Waals surface area (Å²) in [5, 5.41) is 0.0346. The van der Waals surface area contributed by atoms with Crippen LogP contribution in [0, 0.1) is 13.8 Å². The Balaban J connectivity index is 1.84. The fourth-order valence-electron chi connectivity index (χ4n) is 2.37.